The summed E-state index contributed by atoms with van der Waals surface area (Å²) < 4.78 is 46.7. The lowest BCUT2D eigenvalue weighted by molar-refractivity contribution is -0.137. The van der Waals surface area contributed by atoms with Gasteiger partial charge in [0, 0.05) is 50.2 Å². The number of rotatable bonds is 7. The summed E-state index contributed by atoms with van der Waals surface area (Å²) in [6, 6.07) is 15.1. The van der Waals surface area contributed by atoms with Crippen molar-refractivity contribution in [3.05, 3.63) is 71.9 Å². The molecule has 0 atom stereocenters. The lowest BCUT2D eigenvalue weighted by atomic mass is 10.1. The monoisotopic (exact) mass is 499 g/mol. The van der Waals surface area contributed by atoms with Gasteiger partial charge in [-0.25, -0.2) is 4.98 Å². The Morgan fingerprint density at radius 1 is 1.03 bits per heavy atom. The van der Waals surface area contributed by atoms with Crippen LogP contribution in [0.15, 0.2) is 60.8 Å². The minimum Gasteiger partial charge on any atom is -0.439 e. The second-order valence-electron chi connectivity index (χ2n) is 8.81. The summed E-state index contributed by atoms with van der Waals surface area (Å²) in [5.74, 6) is -0.349. The molecule has 7 nitrogen and oxygen atoms in total. The minimum atomic E-state index is -4.67. The molecule has 0 radical (unpaired) electrons. The van der Waals surface area contributed by atoms with Gasteiger partial charge in [-0.1, -0.05) is 12.1 Å². The Morgan fingerprint density at radius 2 is 1.69 bits per heavy atom. The molecule has 2 aromatic carbocycles. The molecule has 0 unspecified atom stereocenters. The van der Waals surface area contributed by atoms with Crippen molar-refractivity contribution < 1.29 is 22.7 Å². The number of pyridine rings is 1. The van der Waals surface area contributed by atoms with E-state index in [1.54, 1.807) is 24.3 Å². The maximum absolute atomic E-state index is 13.6. The number of nitrogens with one attached hydrogen (secondary N) is 1. The molecule has 3 aromatic rings. The number of hydrogen-bond donors (Lipinski definition) is 2. The van der Waals surface area contributed by atoms with Crippen molar-refractivity contribution in [3.63, 3.8) is 0 Å². The van der Waals surface area contributed by atoms with E-state index < -0.39 is 17.6 Å². The first kappa shape index (κ1) is 25.3. The number of amides is 1. The summed E-state index contributed by atoms with van der Waals surface area (Å²) in [7, 11) is 0. The number of halogens is 3. The van der Waals surface area contributed by atoms with Crippen LogP contribution < -0.4 is 20.7 Å². The van der Waals surface area contributed by atoms with E-state index in [9.17, 15) is 18.0 Å². The standard InChI is InChI=1S/C26H28F3N5O2/c1-17(2)33-11-13-34(14-12-33)18-7-9-19(10-8-18)36-24-15-23(21(16-31-24)26(27,28)29)32-22-6-4-3-5-20(22)25(30)35/h3-10,15-17H,11-14H2,1-2H3,(H2,30,35)(H,31,32). The highest BCUT2D eigenvalue weighted by atomic mass is 19.4. The number of primary amides is 1. The smallest absolute Gasteiger partial charge is 0.419 e. The number of anilines is 3. The number of hydrogen-bond acceptors (Lipinski definition) is 6. The molecule has 4 rings (SSSR count). The van der Waals surface area contributed by atoms with Gasteiger partial charge in [0.05, 0.1) is 22.5 Å². The van der Waals surface area contributed by atoms with E-state index in [4.69, 9.17) is 10.5 Å². The van der Waals surface area contributed by atoms with Crippen LogP contribution in [-0.4, -0.2) is 48.0 Å². The number of ether oxygens (including phenoxy) is 1. The highest BCUT2D eigenvalue weighted by molar-refractivity contribution is 5.99. The van der Waals surface area contributed by atoms with Gasteiger partial charge in [-0.2, -0.15) is 13.2 Å². The van der Waals surface area contributed by atoms with Crippen LogP contribution in [0.25, 0.3) is 0 Å². The average molecular weight is 500 g/mol. The number of carbonyl (C=O) groups is 1. The lowest BCUT2D eigenvalue weighted by Crippen LogP contribution is -2.48. The number of alkyl halides is 3. The number of piperazine rings is 1. The first-order valence-electron chi connectivity index (χ1n) is 11.6. The molecule has 1 saturated heterocycles. The van der Waals surface area contributed by atoms with E-state index in [1.165, 1.54) is 12.1 Å². The molecule has 36 heavy (non-hydrogen) atoms. The summed E-state index contributed by atoms with van der Waals surface area (Å²) in [5, 5.41) is 2.67. The fourth-order valence-corrected chi connectivity index (χ4v) is 4.12. The lowest BCUT2D eigenvalue weighted by Gasteiger charge is -2.38. The maximum Gasteiger partial charge on any atom is 0.419 e. The number of para-hydroxylation sites is 1. The topological polar surface area (TPSA) is 83.7 Å². The molecule has 190 valence electrons. The zero-order chi connectivity index (χ0) is 25.9. The molecule has 10 heteroatoms. The fourth-order valence-electron chi connectivity index (χ4n) is 4.12. The molecule has 0 saturated carbocycles. The molecule has 1 aromatic heterocycles. The van der Waals surface area contributed by atoms with Crippen LogP contribution in [0.2, 0.25) is 0 Å². The van der Waals surface area contributed by atoms with Crippen molar-refractivity contribution in [2.45, 2.75) is 26.1 Å². The average Bonchev–Trinajstić information content (AvgIpc) is 2.84. The highest BCUT2D eigenvalue weighted by Crippen LogP contribution is 2.38. The first-order chi connectivity index (χ1) is 17.1. The molecule has 1 aliphatic heterocycles. The zero-order valence-corrected chi connectivity index (χ0v) is 20.0. The van der Waals surface area contributed by atoms with Gasteiger partial charge in [0.25, 0.3) is 5.91 Å². The van der Waals surface area contributed by atoms with E-state index in [-0.39, 0.29) is 22.8 Å². The molecular weight excluding hydrogens is 471 g/mol. The van der Waals surface area contributed by atoms with E-state index in [0.29, 0.717) is 18.0 Å². The third-order valence-electron chi connectivity index (χ3n) is 6.11. The number of nitrogens with zero attached hydrogens (tertiary/aromatic N) is 3. The van der Waals surface area contributed by atoms with Gasteiger partial charge in [0.2, 0.25) is 5.88 Å². The fraction of sp³-hybridized carbons (Fsp3) is 0.308. The summed E-state index contributed by atoms with van der Waals surface area (Å²) in [5.41, 5.74) is 5.33. The summed E-state index contributed by atoms with van der Waals surface area (Å²) >= 11 is 0. The quantitative estimate of drug-likeness (QED) is 0.461. The van der Waals surface area contributed by atoms with E-state index in [1.807, 2.05) is 12.1 Å². The summed E-state index contributed by atoms with van der Waals surface area (Å²) in [6.45, 7) is 8.18. The van der Waals surface area contributed by atoms with Crippen molar-refractivity contribution in [2.24, 2.45) is 5.73 Å². The molecule has 1 aliphatic rings. The van der Waals surface area contributed by atoms with Crippen LogP contribution in [0.5, 0.6) is 11.6 Å². The van der Waals surface area contributed by atoms with Gasteiger partial charge in [-0.05, 0) is 50.2 Å². The van der Waals surface area contributed by atoms with Crippen LogP contribution in [0.3, 0.4) is 0 Å². The van der Waals surface area contributed by atoms with Crippen LogP contribution in [0.4, 0.5) is 30.2 Å². The van der Waals surface area contributed by atoms with Crippen molar-refractivity contribution >= 4 is 23.0 Å². The number of aromatic nitrogens is 1. The Balaban J connectivity index is 1.53. The van der Waals surface area contributed by atoms with Crippen molar-refractivity contribution in [1.82, 2.24) is 9.88 Å². The van der Waals surface area contributed by atoms with Crippen molar-refractivity contribution in [1.29, 1.82) is 0 Å². The van der Waals surface area contributed by atoms with Crippen molar-refractivity contribution in [3.8, 4) is 11.6 Å². The predicted molar refractivity (Wildman–Crippen MR) is 133 cm³/mol. The molecule has 2 heterocycles. The third kappa shape index (κ3) is 5.88. The Bertz CT molecular complexity index is 1210. The SMILES string of the molecule is CC(C)N1CCN(c2ccc(Oc3cc(Nc4ccccc4C(N)=O)c(C(F)(F)F)cn3)cc2)CC1. The van der Waals surface area contributed by atoms with Gasteiger partial charge >= 0.3 is 6.18 Å². The largest absolute Gasteiger partial charge is 0.439 e. The van der Waals surface area contributed by atoms with E-state index >= 15 is 0 Å². The van der Waals surface area contributed by atoms with Crippen LogP contribution in [-0.2, 0) is 6.18 Å². The Labute approximate surface area is 207 Å². The number of benzene rings is 2. The second kappa shape index (κ2) is 10.4. The molecule has 0 bridgehead atoms. The number of nitrogens with two attached hydrogens (primary N) is 1. The van der Waals surface area contributed by atoms with Gasteiger partial charge in [0.15, 0.2) is 0 Å². The predicted octanol–water partition coefficient (Wildman–Crippen LogP) is 5.27. The van der Waals surface area contributed by atoms with Crippen LogP contribution >= 0.6 is 0 Å². The molecule has 0 spiro atoms. The normalized spacial score (nSPS) is 14.7. The first-order valence-corrected chi connectivity index (χ1v) is 11.6. The molecule has 1 amide bonds. The van der Waals surface area contributed by atoms with Crippen molar-refractivity contribution in [2.75, 3.05) is 36.4 Å². The summed E-state index contributed by atoms with van der Waals surface area (Å²) in [6.07, 6.45) is -3.97. The third-order valence-corrected chi connectivity index (χ3v) is 6.11. The highest BCUT2D eigenvalue weighted by Gasteiger charge is 2.35. The molecule has 1 fully saturated rings. The van der Waals surface area contributed by atoms with Gasteiger partial charge < -0.3 is 20.7 Å². The minimum absolute atomic E-state index is 0.0275. The number of carbonyl (C=O) groups excluding carboxylic acids is 1. The second-order valence-corrected chi connectivity index (χ2v) is 8.81. The van der Waals surface area contributed by atoms with E-state index in [0.717, 1.165) is 37.9 Å². The zero-order valence-electron chi connectivity index (χ0n) is 20.0. The van der Waals surface area contributed by atoms with Crippen LogP contribution in [0, 0.1) is 0 Å². The van der Waals surface area contributed by atoms with E-state index in [2.05, 4.69) is 33.9 Å². The Morgan fingerprint density at radius 3 is 2.31 bits per heavy atom. The van der Waals surface area contributed by atoms with Crippen LogP contribution in [0.1, 0.15) is 29.8 Å². The summed E-state index contributed by atoms with van der Waals surface area (Å²) in [4.78, 5) is 20.3. The Kier molecular flexibility index (Phi) is 7.35. The van der Waals surface area contributed by atoms with Gasteiger partial charge in [-0.3, -0.25) is 9.69 Å². The maximum atomic E-state index is 13.6. The molecule has 0 aliphatic carbocycles. The van der Waals surface area contributed by atoms with Gasteiger partial charge in [0.1, 0.15) is 5.75 Å². The molecule has 3 N–H and O–H groups in total. The molecular formula is C26H28F3N5O2. The Hall–Kier alpha value is -3.79. The van der Waals surface area contributed by atoms with Gasteiger partial charge in [-0.15, -0.1) is 0 Å².